The first kappa shape index (κ1) is 12.9. The average Bonchev–Trinajstić information content (AvgIpc) is 2.75. The molecule has 3 rings (SSSR count). The number of hydrogen-bond donors (Lipinski definition) is 1. The SMILES string of the molecule is Fc1ccc(NC2CCCc3sc(Cl)cc32)cc1F. The zero-order valence-electron chi connectivity index (χ0n) is 10.1. The minimum absolute atomic E-state index is 0.123. The number of benzene rings is 1. The van der Waals surface area contributed by atoms with Gasteiger partial charge in [-0.15, -0.1) is 11.3 Å². The summed E-state index contributed by atoms with van der Waals surface area (Å²) in [6.45, 7) is 0. The smallest absolute Gasteiger partial charge is 0.160 e. The third kappa shape index (κ3) is 2.60. The van der Waals surface area contributed by atoms with Crippen LogP contribution in [-0.2, 0) is 6.42 Å². The molecule has 0 spiro atoms. The zero-order chi connectivity index (χ0) is 13.4. The number of fused-ring (bicyclic) bond motifs is 1. The molecule has 1 heterocycles. The van der Waals surface area contributed by atoms with Crippen LogP contribution in [-0.4, -0.2) is 0 Å². The van der Waals surface area contributed by atoms with E-state index in [-0.39, 0.29) is 6.04 Å². The molecule has 1 aromatic heterocycles. The first-order valence-electron chi connectivity index (χ1n) is 6.13. The molecule has 0 saturated heterocycles. The molecule has 0 fully saturated rings. The Balaban J connectivity index is 1.86. The number of aryl methyl sites for hydroxylation is 1. The van der Waals surface area contributed by atoms with Crippen LogP contribution in [0.15, 0.2) is 24.3 Å². The summed E-state index contributed by atoms with van der Waals surface area (Å²) >= 11 is 7.65. The molecule has 1 N–H and O–H groups in total. The third-order valence-corrected chi connectivity index (χ3v) is 4.68. The van der Waals surface area contributed by atoms with E-state index in [9.17, 15) is 8.78 Å². The predicted molar refractivity (Wildman–Crippen MR) is 75.0 cm³/mol. The fraction of sp³-hybridized carbons (Fsp3) is 0.286. The minimum Gasteiger partial charge on any atom is -0.378 e. The number of hydrogen-bond acceptors (Lipinski definition) is 2. The minimum atomic E-state index is -0.829. The van der Waals surface area contributed by atoms with Crippen molar-refractivity contribution in [3.8, 4) is 0 Å². The van der Waals surface area contributed by atoms with Crippen LogP contribution in [0.25, 0.3) is 0 Å². The second kappa shape index (κ2) is 5.10. The summed E-state index contributed by atoms with van der Waals surface area (Å²) in [5.41, 5.74) is 1.78. The Kier molecular flexibility index (Phi) is 3.46. The molecule has 0 aliphatic heterocycles. The highest BCUT2D eigenvalue weighted by molar-refractivity contribution is 7.16. The fourth-order valence-corrected chi connectivity index (χ4v) is 3.84. The molecule has 1 aliphatic carbocycles. The van der Waals surface area contributed by atoms with Gasteiger partial charge in [-0.2, -0.15) is 0 Å². The lowest BCUT2D eigenvalue weighted by Crippen LogP contribution is -2.15. The second-order valence-corrected chi connectivity index (χ2v) is 6.42. The molecular weight excluding hydrogens is 288 g/mol. The molecule has 1 atom stereocenters. The van der Waals surface area contributed by atoms with Gasteiger partial charge in [-0.1, -0.05) is 11.6 Å². The van der Waals surface area contributed by atoms with Crippen LogP contribution in [0.1, 0.15) is 29.3 Å². The highest BCUT2D eigenvalue weighted by Crippen LogP contribution is 2.39. The van der Waals surface area contributed by atoms with Crippen molar-refractivity contribution in [2.75, 3.05) is 5.32 Å². The lowest BCUT2D eigenvalue weighted by molar-refractivity contribution is 0.508. The molecule has 2 aromatic rings. The molecule has 0 amide bonds. The average molecular weight is 300 g/mol. The van der Waals surface area contributed by atoms with Gasteiger partial charge in [-0.05, 0) is 43.0 Å². The van der Waals surface area contributed by atoms with E-state index in [0.29, 0.717) is 5.69 Å². The van der Waals surface area contributed by atoms with E-state index in [1.165, 1.54) is 16.5 Å². The van der Waals surface area contributed by atoms with Crippen molar-refractivity contribution in [1.29, 1.82) is 0 Å². The number of anilines is 1. The summed E-state index contributed by atoms with van der Waals surface area (Å²) < 4.78 is 26.9. The van der Waals surface area contributed by atoms with Crippen molar-refractivity contribution in [2.45, 2.75) is 25.3 Å². The standard InChI is InChI=1S/C14H12ClF2NS/c15-14-7-9-12(2-1-3-13(9)19-14)18-8-4-5-10(16)11(17)6-8/h4-7,12,18H,1-3H2. The monoisotopic (exact) mass is 299 g/mol. The molecule has 0 radical (unpaired) electrons. The first-order valence-corrected chi connectivity index (χ1v) is 7.32. The molecule has 5 heteroatoms. The van der Waals surface area contributed by atoms with Crippen LogP contribution in [0.4, 0.5) is 14.5 Å². The van der Waals surface area contributed by atoms with Gasteiger partial charge in [0.1, 0.15) is 0 Å². The Morgan fingerprint density at radius 1 is 1.21 bits per heavy atom. The summed E-state index contributed by atoms with van der Waals surface area (Å²) in [6, 6.07) is 5.98. The number of rotatable bonds is 2. The van der Waals surface area contributed by atoms with Crippen LogP contribution in [0.5, 0.6) is 0 Å². The van der Waals surface area contributed by atoms with Crippen LogP contribution < -0.4 is 5.32 Å². The normalized spacial score (nSPS) is 18.2. The molecule has 1 aliphatic rings. The van der Waals surface area contributed by atoms with Crippen molar-refractivity contribution in [2.24, 2.45) is 0 Å². The maximum atomic E-state index is 13.2. The van der Waals surface area contributed by atoms with Crippen LogP contribution in [0, 0.1) is 11.6 Å². The second-order valence-electron chi connectivity index (χ2n) is 4.65. The molecule has 0 saturated carbocycles. The molecule has 1 aromatic carbocycles. The van der Waals surface area contributed by atoms with E-state index >= 15 is 0 Å². The lowest BCUT2D eigenvalue weighted by Gasteiger charge is -2.24. The summed E-state index contributed by atoms with van der Waals surface area (Å²) in [6.07, 6.45) is 3.09. The number of nitrogens with one attached hydrogen (secondary N) is 1. The van der Waals surface area contributed by atoms with Crippen molar-refractivity contribution in [3.63, 3.8) is 0 Å². The maximum absolute atomic E-state index is 13.2. The zero-order valence-corrected chi connectivity index (χ0v) is 11.6. The van der Waals surface area contributed by atoms with E-state index in [0.717, 1.165) is 29.7 Å². The van der Waals surface area contributed by atoms with E-state index in [1.807, 2.05) is 6.07 Å². The summed E-state index contributed by atoms with van der Waals surface area (Å²) in [5.74, 6) is -1.65. The van der Waals surface area contributed by atoms with Gasteiger partial charge in [0.2, 0.25) is 0 Å². The fourth-order valence-electron chi connectivity index (χ4n) is 2.46. The lowest BCUT2D eigenvalue weighted by atomic mass is 9.94. The quantitative estimate of drug-likeness (QED) is 0.806. The maximum Gasteiger partial charge on any atom is 0.160 e. The van der Waals surface area contributed by atoms with Gasteiger partial charge in [0, 0.05) is 16.6 Å². The molecule has 100 valence electrons. The molecule has 1 nitrogen and oxygen atoms in total. The number of thiophene rings is 1. The van der Waals surface area contributed by atoms with Gasteiger partial charge in [-0.3, -0.25) is 0 Å². The van der Waals surface area contributed by atoms with Crippen LogP contribution >= 0.6 is 22.9 Å². The highest BCUT2D eigenvalue weighted by atomic mass is 35.5. The van der Waals surface area contributed by atoms with Crippen molar-refractivity contribution in [1.82, 2.24) is 0 Å². The van der Waals surface area contributed by atoms with E-state index in [4.69, 9.17) is 11.6 Å². The highest BCUT2D eigenvalue weighted by Gasteiger charge is 2.22. The Hall–Kier alpha value is -1.13. The molecule has 1 unspecified atom stereocenters. The van der Waals surface area contributed by atoms with E-state index < -0.39 is 11.6 Å². The van der Waals surface area contributed by atoms with Gasteiger partial charge in [-0.25, -0.2) is 8.78 Å². The molecule has 19 heavy (non-hydrogen) atoms. The van der Waals surface area contributed by atoms with Crippen LogP contribution in [0.3, 0.4) is 0 Å². The largest absolute Gasteiger partial charge is 0.378 e. The Morgan fingerprint density at radius 2 is 2.05 bits per heavy atom. The molecular formula is C14H12ClF2NS. The van der Waals surface area contributed by atoms with Gasteiger partial charge in [0.15, 0.2) is 11.6 Å². The number of halogens is 3. The van der Waals surface area contributed by atoms with Crippen molar-refractivity contribution < 1.29 is 8.78 Å². The summed E-state index contributed by atoms with van der Waals surface area (Å²) in [7, 11) is 0. The topological polar surface area (TPSA) is 12.0 Å². The van der Waals surface area contributed by atoms with Gasteiger partial charge >= 0.3 is 0 Å². The van der Waals surface area contributed by atoms with E-state index in [2.05, 4.69) is 5.32 Å². The van der Waals surface area contributed by atoms with Gasteiger partial charge < -0.3 is 5.32 Å². The van der Waals surface area contributed by atoms with Crippen LogP contribution in [0.2, 0.25) is 4.34 Å². The van der Waals surface area contributed by atoms with Crippen molar-refractivity contribution in [3.05, 3.63) is 50.7 Å². The predicted octanol–water partition coefficient (Wildman–Crippen LogP) is 5.17. The molecule has 0 bridgehead atoms. The summed E-state index contributed by atoms with van der Waals surface area (Å²) in [5, 5.41) is 3.26. The van der Waals surface area contributed by atoms with E-state index in [1.54, 1.807) is 17.4 Å². The van der Waals surface area contributed by atoms with Gasteiger partial charge in [0.25, 0.3) is 0 Å². The first-order chi connectivity index (χ1) is 9.13. The Labute approximate surface area is 119 Å². The van der Waals surface area contributed by atoms with Gasteiger partial charge in [0.05, 0.1) is 10.4 Å². The third-order valence-electron chi connectivity index (χ3n) is 3.34. The van der Waals surface area contributed by atoms with Crippen molar-refractivity contribution >= 4 is 28.6 Å². The Morgan fingerprint density at radius 3 is 2.84 bits per heavy atom. The Bertz CT molecular complexity index is 611. The summed E-state index contributed by atoms with van der Waals surface area (Å²) in [4.78, 5) is 1.29.